The zero-order valence-electron chi connectivity index (χ0n) is 14.4. The largest absolute Gasteiger partial charge is 0.480 e. The Hall–Kier alpha value is -3.42. The minimum Gasteiger partial charge on any atom is -0.480 e. The van der Waals surface area contributed by atoms with Crippen LogP contribution < -0.4 is 5.32 Å². The maximum absolute atomic E-state index is 13.2. The molecule has 1 aromatic heterocycles. The number of carboxylic acids is 1. The Morgan fingerprint density at radius 3 is 2.46 bits per heavy atom. The van der Waals surface area contributed by atoms with Crippen molar-refractivity contribution in [3.05, 3.63) is 77.5 Å². The highest BCUT2D eigenvalue weighted by atomic mass is 19.4. The molecule has 1 heterocycles. The fourth-order valence-electron chi connectivity index (χ4n) is 2.92. The Morgan fingerprint density at radius 1 is 1.04 bits per heavy atom. The topological polar surface area (TPSA) is 79.3 Å². The summed E-state index contributed by atoms with van der Waals surface area (Å²) in [5.41, 5.74) is -0.614. The summed E-state index contributed by atoms with van der Waals surface area (Å²) in [6.07, 6.45) is -3.63. The molecule has 0 radical (unpaired) electrons. The van der Waals surface area contributed by atoms with Crippen molar-refractivity contribution in [3.63, 3.8) is 0 Å². The van der Waals surface area contributed by atoms with E-state index in [-0.39, 0.29) is 11.1 Å². The molecule has 0 saturated heterocycles. The van der Waals surface area contributed by atoms with Crippen LogP contribution >= 0.6 is 0 Å². The van der Waals surface area contributed by atoms with E-state index in [1.54, 1.807) is 24.3 Å². The van der Waals surface area contributed by atoms with Gasteiger partial charge in [0.15, 0.2) is 0 Å². The maximum atomic E-state index is 13.2. The number of amides is 1. The number of halogens is 3. The van der Waals surface area contributed by atoms with Crippen molar-refractivity contribution < 1.29 is 27.9 Å². The van der Waals surface area contributed by atoms with Crippen LogP contribution in [-0.4, -0.2) is 28.0 Å². The number of hydrogen-bond donors (Lipinski definition) is 2. The molecular formula is C20H15F3N2O3. The average Bonchev–Trinajstić information content (AvgIpc) is 2.66. The van der Waals surface area contributed by atoms with Gasteiger partial charge in [0.2, 0.25) is 0 Å². The van der Waals surface area contributed by atoms with E-state index in [1.807, 2.05) is 0 Å². The number of carbonyl (C=O) groups is 2. The number of hydrogen-bond acceptors (Lipinski definition) is 3. The van der Waals surface area contributed by atoms with Gasteiger partial charge in [-0.1, -0.05) is 36.4 Å². The van der Waals surface area contributed by atoms with Gasteiger partial charge in [0.1, 0.15) is 6.04 Å². The van der Waals surface area contributed by atoms with Crippen molar-refractivity contribution in [1.82, 2.24) is 10.3 Å². The van der Waals surface area contributed by atoms with Crippen LogP contribution in [-0.2, 0) is 17.4 Å². The third-order valence-corrected chi connectivity index (χ3v) is 4.23. The molecule has 0 fully saturated rings. The van der Waals surface area contributed by atoms with Crippen LogP contribution in [0.1, 0.15) is 21.5 Å². The van der Waals surface area contributed by atoms with E-state index in [9.17, 15) is 27.9 Å². The summed E-state index contributed by atoms with van der Waals surface area (Å²) in [6, 6.07) is 11.4. The van der Waals surface area contributed by atoms with E-state index in [1.165, 1.54) is 30.5 Å². The monoisotopic (exact) mass is 388 g/mol. The lowest BCUT2D eigenvalue weighted by atomic mass is 9.99. The molecule has 3 aromatic rings. The molecule has 0 saturated carbocycles. The normalized spacial score (nSPS) is 12.5. The van der Waals surface area contributed by atoms with E-state index >= 15 is 0 Å². The first-order valence-electron chi connectivity index (χ1n) is 8.30. The second-order valence-electron chi connectivity index (χ2n) is 6.10. The van der Waals surface area contributed by atoms with Gasteiger partial charge in [0.25, 0.3) is 5.91 Å². The van der Waals surface area contributed by atoms with Crippen molar-refractivity contribution in [2.24, 2.45) is 0 Å². The van der Waals surface area contributed by atoms with Crippen molar-refractivity contribution in [2.45, 2.75) is 18.6 Å². The summed E-state index contributed by atoms with van der Waals surface area (Å²) in [7, 11) is 0. The van der Waals surface area contributed by atoms with Crippen LogP contribution in [0.2, 0.25) is 0 Å². The Labute approximate surface area is 157 Å². The van der Waals surface area contributed by atoms with Gasteiger partial charge >= 0.3 is 12.1 Å². The molecule has 0 bridgehead atoms. The minimum atomic E-state index is -4.62. The first-order valence-corrected chi connectivity index (χ1v) is 8.30. The number of nitrogens with one attached hydrogen (secondary N) is 1. The number of aromatic nitrogens is 1. The molecule has 3 rings (SSSR count). The number of carboxylic acid groups (broad SMARTS) is 1. The lowest BCUT2D eigenvalue weighted by Gasteiger charge is -2.18. The fraction of sp³-hybridized carbons (Fsp3) is 0.150. The molecule has 0 aliphatic rings. The highest BCUT2D eigenvalue weighted by molar-refractivity contribution is 6.06. The number of rotatable bonds is 5. The Morgan fingerprint density at radius 2 is 1.75 bits per heavy atom. The van der Waals surface area contributed by atoms with Gasteiger partial charge in [-0.3, -0.25) is 9.78 Å². The number of carbonyl (C=O) groups excluding carboxylic acids is 1. The van der Waals surface area contributed by atoms with Crippen LogP contribution in [0.4, 0.5) is 13.2 Å². The summed E-state index contributed by atoms with van der Waals surface area (Å²) in [6.45, 7) is 0. The van der Waals surface area contributed by atoms with Gasteiger partial charge in [-0.25, -0.2) is 4.79 Å². The van der Waals surface area contributed by atoms with Gasteiger partial charge in [-0.2, -0.15) is 13.2 Å². The van der Waals surface area contributed by atoms with Gasteiger partial charge in [0, 0.05) is 18.0 Å². The van der Waals surface area contributed by atoms with Gasteiger partial charge in [-0.05, 0) is 23.8 Å². The zero-order chi connectivity index (χ0) is 20.3. The molecule has 0 aliphatic heterocycles. The molecule has 144 valence electrons. The van der Waals surface area contributed by atoms with Crippen molar-refractivity contribution in [1.29, 1.82) is 0 Å². The van der Waals surface area contributed by atoms with Crippen LogP contribution in [0.3, 0.4) is 0 Å². The molecule has 0 spiro atoms. The molecule has 0 unspecified atom stereocenters. The first kappa shape index (κ1) is 19.3. The SMILES string of the molecule is O=C(N[C@H](Cc1ccccc1C(F)(F)F)C(=O)O)c1cccc2cccnc12. The van der Waals surface area contributed by atoms with E-state index in [2.05, 4.69) is 10.3 Å². The molecule has 8 heteroatoms. The van der Waals surface area contributed by atoms with E-state index in [0.29, 0.717) is 10.9 Å². The smallest absolute Gasteiger partial charge is 0.416 e. The predicted octanol–water partition coefficient (Wildman–Crippen LogP) is 3.68. The summed E-state index contributed by atoms with van der Waals surface area (Å²) < 4.78 is 39.5. The number of fused-ring (bicyclic) bond motifs is 1. The fourth-order valence-corrected chi connectivity index (χ4v) is 2.92. The quantitative estimate of drug-likeness (QED) is 0.699. The number of benzene rings is 2. The van der Waals surface area contributed by atoms with Crippen molar-refractivity contribution >= 4 is 22.8 Å². The standard InChI is InChI=1S/C20H15F3N2O3/c21-20(22,23)15-9-2-1-5-13(15)11-16(19(27)28)25-18(26)14-8-3-6-12-7-4-10-24-17(12)14/h1-10,16H,11H2,(H,25,26)(H,27,28)/t16-/m1/s1. The van der Waals surface area contributed by atoms with Crippen LogP contribution in [0.25, 0.3) is 10.9 Å². The second-order valence-corrected chi connectivity index (χ2v) is 6.10. The molecule has 28 heavy (non-hydrogen) atoms. The molecule has 0 aliphatic carbocycles. The van der Waals surface area contributed by atoms with E-state index < -0.39 is 36.1 Å². The minimum absolute atomic E-state index is 0.147. The molecular weight excluding hydrogens is 373 g/mol. The van der Waals surface area contributed by atoms with E-state index in [0.717, 1.165) is 6.07 Å². The third kappa shape index (κ3) is 4.11. The summed E-state index contributed by atoms with van der Waals surface area (Å²) in [5, 5.41) is 12.4. The average molecular weight is 388 g/mol. The molecule has 1 atom stereocenters. The second kappa shape index (κ2) is 7.67. The van der Waals surface area contributed by atoms with Crippen LogP contribution in [0.5, 0.6) is 0 Å². The van der Waals surface area contributed by atoms with Crippen molar-refractivity contribution in [3.8, 4) is 0 Å². The molecule has 5 nitrogen and oxygen atoms in total. The Kier molecular flexibility index (Phi) is 5.30. The van der Waals surface area contributed by atoms with Crippen molar-refractivity contribution in [2.75, 3.05) is 0 Å². The summed E-state index contributed by atoms with van der Waals surface area (Å²) in [5.74, 6) is -2.15. The molecule has 2 N–H and O–H groups in total. The number of pyridine rings is 1. The van der Waals surface area contributed by atoms with Gasteiger partial charge < -0.3 is 10.4 Å². The summed E-state index contributed by atoms with van der Waals surface area (Å²) >= 11 is 0. The first-order chi connectivity index (χ1) is 13.3. The number of alkyl halides is 3. The molecule has 1 amide bonds. The Balaban J connectivity index is 1.89. The lowest BCUT2D eigenvalue weighted by Crippen LogP contribution is -2.42. The number of nitrogens with zero attached hydrogens (tertiary/aromatic N) is 1. The maximum Gasteiger partial charge on any atom is 0.416 e. The van der Waals surface area contributed by atoms with Crippen LogP contribution in [0.15, 0.2) is 60.8 Å². The lowest BCUT2D eigenvalue weighted by molar-refractivity contribution is -0.141. The highest BCUT2D eigenvalue weighted by Crippen LogP contribution is 2.32. The predicted molar refractivity (Wildman–Crippen MR) is 95.8 cm³/mol. The third-order valence-electron chi connectivity index (χ3n) is 4.23. The number of aliphatic carboxylic acids is 1. The van der Waals surface area contributed by atoms with E-state index in [4.69, 9.17) is 0 Å². The van der Waals surface area contributed by atoms with Gasteiger partial charge in [0.05, 0.1) is 16.6 Å². The van der Waals surface area contributed by atoms with Gasteiger partial charge in [-0.15, -0.1) is 0 Å². The zero-order valence-corrected chi connectivity index (χ0v) is 14.4. The molecule has 2 aromatic carbocycles. The number of para-hydroxylation sites is 1. The Bertz CT molecular complexity index is 1030. The highest BCUT2D eigenvalue weighted by Gasteiger charge is 2.34. The summed E-state index contributed by atoms with van der Waals surface area (Å²) in [4.78, 5) is 28.3. The van der Waals surface area contributed by atoms with Crippen LogP contribution in [0, 0.1) is 0 Å².